The van der Waals surface area contributed by atoms with Crippen LogP contribution in [0.25, 0.3) is 0 Å². The Morgan fingerprint density at radius 2 is 2.11 bits per heavy atom. The molecule has 0 spiro atoms. The molecule has 1 aromatic rings. The maximum absolute atomic E-state index is 6.32. The van der Waals surface area contributed by atoms with Crippen LogP contribution in [-0.4, -0.2) is 34.4 Å². The molecule has 1 aliphatic heterocycles. The normalized spacial score (nSPS) is 18.7. The summed E-state index contributed by atoms with van der Waals surface area (Å²) in [5.41, 5.74) is 1.88. The van der Waals surface area contributed by atoms with E-state index in [-0.39, 0.29) is 5.54 Å². The highest BCUT2D eigenvalue weighted by molar-refractivity contribution is 6.31. The fourth-order valence-electron chi connectivity index (χ4n) is 2.43. The fraction of sp³-hybridized carbons (Fsp3) is 0.769. The fourth-order valence-corrected chi connectivity index (χ4v) is 2.99. The first kappa shape index (κ1) is 15.1. The minimum absolute atomic E-state index is 0.0418. The van der Waals surface area contributed by atoms with Crippen LogP contribution in [0, 0.1) is 6.92 Å². The second-order valence-corrected chi connectivity index (χ2v) is 5.69. The standard InChI is InChI=1S/C13H21Cl2N3O/c1-3-18-11(12(15)10(2)17-18)8-16-13(9-14)4-6-19-7-5-13/h16H,3-9H2,1-2H3. The lowest BCUT2D eigenvalue weighted by atomic mass is 9.92. The summed E-state index contributed by atoms with van der Waals surface area (Å²) in [6.07, 6.45) is 1.88. The zero-order valence-corrected chi connectivity index (χ0v) is 13.0. The molecule has 19 heavy (non-hydrogen) atoms. The Labute approximate surface area is 124 Å². The molecular formula is C13H21Cl2N3O. The smallest absolute Gasteiger partial charge is 0.0860 e. The van der Waals surface area contributed by atoms with Gasteiger partial charge in [-0.25, -0.2) is 0 Å². The Kier molecular flexibility index (Phi) is 5.12. The van der Waals surface area contributed by atoms with Crippen LogP contribution in [-0.2, 0) is 17.8 Å². The summed E-state index contributed by atoms with van der Waals surface area (Å²) in [7, 11) is 0. The van der Waals surface area contributed by atoms with Crippen LogP contribution in [0.3, 0.4) is 0 Å². The maximum atomic E-state index is 6.32. The van der Waals surface area contributed by atoms with Crippen LogP contribution in [0.4, 0.5) is 0 Å². The number of halogens is 2. The Balaban J connectivity index is 2.08. The molecule has 4 nitrogen and oxygen atoms in total. The van der Waals surface area contributed by atoms with E-state index in [2.05, 4.69) is 17.3 Å². The Bertz CT molecular complexity index is 428. The van der Waals surface area contributed by atoms with Gasteiger partial charge in [0.25, 0.3) is 0 Å². The Morgan fingerprint density at radius 3 is 2.68 bits per heavy atom. The first-order valence-corrected chi connectivity index (χ1v) is 7.63. The quantitative estimate of drug-likeness (QED) is 0.850. The molecule has 0 atom stereocenters. The summed E-state index contributed by atoms with van der Waals surface area (Å²) in [4.78, 5) is 0. The molecule has 0 aromatic carbocycles. The predicted molar refractivity (Wildman–Crippen MR) is 78.0 cm³/mol. The van der Waals surface area contributed by atoms with Crippen molar-refractivity contribution in [3.8, 4) is 0 Å². The van der Waals surface area contributed by atoms with Crippen LogP contribution < -0.4 is 5.32 Å². The lowest BCUT2D eigenvalue weighted by Crippen LogP contribution is -2.50. The van der Waals surface area contributed by atoms with Crippen LogP contribution >= 0.6 is 23.2 Å². The van der Waals surface area contributed by atoms with Gasteiger partial charge in [0.1, 0.15) is 0 Å². The Hall–Kier alpha value is -0.290. The maximum Gasteiger partial charge on any atom is 0.0860 e. The van der Waals surface area contributed by atoms with Gasteiger partial charge >= 0.3 is 0 Å². The molecule has 2 heterocycles. The van der Waals surface area contributed by atoms with E-state index in [0.29, 0.717) is 12.4 Å². The van der Waals surface area contributed by atoms with Gasteiger partial charge in [-0.1, -0.05) is 11.6 Å². The van der Waals surface area contributed by atoms with Gasteiger partial charge in [0.05, 0.1) is 16.4 Å². The number of nitrogens with zero attached hydrogens (tertiary/aromatic N) is 2. The number of nitrogens with one attached hydrogen (secondary N) is 1. The summed E-state index contributed by atoms with van der Waals surface area (Å²) in [6.45, 7) is 7.04. The SMILES string of the molecule is CCn1nc(C)c(Cl)c1CNC1(CCl)CCOCC1. The van der Waals surface area contributed by atoms with E-state index in [9.17, 15) is 0 Å². The molecule has 0 bridgehead atoms. The Morgan fingerprint density at radius 1 is 1.42 bits per heavy atom. The third-order valence-electron chi connectivity index (χ3n) is 3.79. The summed E-state index contributed by atoms with van der Waals surface area (Å²) in [5, 5.41) is 8.76. The first-order valence-electron chi connectivity index (χ1n) is 6.72. The number of aromatic nitrogens is 2. The van der Waals surface area contributed by atoms with E-state index in [4.69, 9.17) is 27.9 Å². The average Bonchev–Trinajstić information content (AvgIpc) is 2.73. The zero-order valence-electron chi connectivity index (χ0n) is 11.5. The van der Waals surface area contributed by atoms with Crippen molar-refractivity contribution >= 4 is 23.2 Å². The highest BCUT2D eigenvalue weighted by Crippen LogP contribution is 2.25. The molecule has 108 valence electrons. The van der Waals surface area contributed by atoms with Crippen molar-refractivity contribution in [1.29, 1.82) is 0 Å². The van der Waals surface area contributed by atoms with Gasteiger partial charge in [-0.15, -0.1) is 11.6 Å². The summed E-state index contributed by atoms with van der Waals surface area (Å²) in [5.74, 6) is 0.590. The lowest BCUT2D eigenvalue weighted by Gasteiger charge is -2.36. The molecule has 0 saturated carbocycles. The van der Waals surface area contributed by atoms with E-state index >= 15 is 0 Å². The topological polar surface area (TPSA) is 39.1 Å². The van der Waals surface area contributed by atoms with Crippen LogP contribution in [0.1, 0.15) is 31.2 Å². The highest BCUT2D eigenvalue weighted by atomic mass is 35.5. The summed E-state index contributed by atoms with van der Waals surface area (Å²) < 4.78 is 7.36. The van der Waals surface area contributed by atoms with Crippen molar-refractivity contribution in [3.63, 3.8) is 0 Å². The molecular weight excluding hydrogens is 285 g/mol. The zero-order chi connectivity index (χ0) is 13.9. The molecule has 0 unspecified atom stereocenters. The van der Waals surface area contributed by atoms with Crippen molar-refractivity contribution in [3.05, 3.63) is 16.4 Å². The van der Waals surface area contributed by atoms with Crippen molar-refractivity contribution < 1.29 is 4.74 Å². The molecule has 1 aromatic heterocycles. The van der Waals surface area contributed by atoms with Crippen LogP contribution in [0.5, 0.6) is 0 Å². The minimum Gasteiger partial charge on any atom is -0.381 e. The average molecular weight is 306 g/mol. The molecule has 0 radical (unpaired) electrons. The second-order valence-electron chi connectivity index (χ2n) is 5.04. The third kappa shape index (κ3) is 3.24. The predicted octanol–water partition coefficient (Wildman–Crippen LogP) is 2.74. The highest BCUT2D eigenvalue weighted by Gasteiger charge is 2.31. The van der Waals surface area contributed by atoms with Gasteiger partial charge in [0, 0.05) is 37.7 Å². The molecule has 0 aliphatic carbocycles. The van der Waals surface area contributed by atoms with E-state index < -0.39 is 0 Å². The number of ether oxygens (including phenoxy) is 1. The molecule has 1 fully saturated rings. The first-order chi connectivity index (χ1) is 9.12. The van der Waals surface area contributed by atoms with Crippen molar-refractivity contribution in [2.24, 2.45) is 0 Å². The second kappa shape index (κ2) is 6.44. The molecule has 6 heteroatoms. The van der Waals surface area contributed by atoms with Gasteiger partial charge in [0.15, 0.2) is 0 Å². The van der Waals surface area contributed by atoms with Gasteiger partial charge in [0.2, 0.25) is 0 Å². The van der Waals surface area contributed by atoms with Crippen molar-refractivity contribution in [1.82, 2.24) is 15.1 Å². The molecule has 1 N–H and O–H groups in total. The van der Waals surface area contributed by atoms with Crippen molar-refractivity contribution in [2.45, 2.75) is 45.3 Å². The molecule has 1 saturated heterocycles. The third-order valence-corrected chi connectivity index (χ3v) is 4.79. The van der Waals surface area contributed by atoms with Crippen LogP contribution in [0.2, 0.25) is 5.02 Å². The van der Waals surface area contributed by atoms with Gasteiger partial charge in [-0.2, -0.15) is 5.10 Å². The molecule has 1 aliphatic rings. The summed E-state index contributed by atoms with van der Waals surface area (Å²) >= 11 is 12.5. The lowest BCUT2D eigenvalue weighted by molar-refractivity contribution is 0.0456. The van der Waals surface area contributed by atoms with E-state index in [1.54, 1.807) is 0 Å². The monoisotopic (exact) mass is 305 g/mol. The molecule has 2 rings (SSSR count). The van der Waals surface area contributed by atoms with E-state index in [1.807, 2.05) is 11.6 Å². The van der Waals surface area contributed by atoms with Crippen molar-refractivity contribution in [2.75, 3.05) is 19.1 Å². The van der Waals surface area contributed by atoms with Gasteiger partial charge in [-0.3, -0.25) is 4.68 Å². The van der Waals surface area contributed by atoms with E-state index in [1.165, 1.54) is 0 Å². The molecule has 0 amide bonds. The number of hydrogen-bond acceptors (Lipinski definition) is 3. The number of alkyl halides is 1. The number of hydrogen-bond donors (Lipinski definition) is 1. The largest absolute Gasteiger partial charge is 0.381 e. The summed E-state index contributed by atoms with van der Waals surface area (Å²) in [6, 6.07) is 0. The van der Waals surface area contributed by atoms with Crippen LogP contribution in [0.15, 0.2) is 0 Å². The van der Waals surface area contributed by atoms with E-state index in [0.717, 1.165) is 49.0 Å². The van der Waals surface area contributed by atoms with Gasteiger partial charge < -0.3 is 10.1 Å². The minimum atomic E-state index is -0.0418. The number of rotatable bonds is 5. The van der Waals surface area contributed by atoms with Gasteiger partial charge in [-0.05, 0) is 26.7 Å². The number of aryl methyl sites for hydroxylation is 2.